The Balaban J connectivity index is 1.73. The quantitative estimate of drug-likeness (QED) is 0.441. The van der Waals surface area contributed by atoms with Gasteiger partial charge in [0.15, 0.2) is 0 Å². The van der Waals surface area contributed by atoms with Gasteiger partial charge < -0.3 is 14.8 Å². The highest BCUT2D eigenvalue weighted by molar-refractivity contribution is 8.15. The predicted molar refractivity (Wildman–Crippen MR) is 115 cm³/mol. The SMILES string of the molecule is O=C(O)CC1CN=C(c2cc3cc(OC(F)(F)F)cc(NS(=O)(=O)c4cccs4)c3[nH]2)S1. The number of sulfonamides is 1. The van der Waals surface area contributed by atoms with Crippen LogP contribution in [0.5, 0.6) is 5.75 Å². The second-order valence-corrected chi connectivity index (χ2v) is 10.8. The molecule has 8 nitrogen and oxygen atoms in total. The van der Waals surface area contributed by atoms with Gasteiger partial charge in [-0.05, 0) is 23.6 Å². The first-order valence-electron chi connectivity index (χ1n) is 8.92. The summed E-state index contributed by atoms with van der Waals surface area (Å²) >= 11 is 2.19. The normalized spacial score (nSPS) is 16.8. The van der Waals surface area contributed by atoms with Crippen LogP contribution in [-0.2, 0) is 14.8 Å². The molecule has 1 unspecified atom stereocenters. The van der Waals surface area contributed by atoms with Crippen molar-refractivity contribution in [2.24, 2.45) is 4.99 Å². The first kappa shape index (κ1) is 22.5. The van der Waals surface area contributed by atoms with Crippen molar-refractivity contribution >= 4 is 60.7 Å². The molecular formula is C18H14F3N3O5S3. The molecule has 32 heavy (non-hydrogen) atoms. The summed E-state index contributed by atoms with van der Waals surface area (Å²) in [5.41, 5.74) is 0.533. The lowest BCUT2D eigenvalue weighted by molar-refractivity contribution is -0.274. The number of carboxylic acids is 1. The summed E-state index contributed by atoms with van der Waals surface area (Å²) in [6, 6.07) is 6.48. The van der Waals surface area contributed by atoms with E-state index in [-0.39, 0.29) is 39.0 Å². The highest BCUT2D eigenvalue weighted by atomic mass is 32.2. The fourth-order valence-electron chi connectivity index (χ4n) is 3.08. The zero-order valence-corrected chi connectivity index (χ0v) is 18.3. The third kappa shape index (κ3) is 5.02. The Hall–Kier alpha value is -2.71. The zero-order chi connectivity index (χ0) is 23.1. The van der Waals surface area contributed by atoms with Crippen molar-refractivity contribution in [3.8, 4) is 5.75 Å². The Morgan fingerprint density at radius 2 is 2.12 bits per heavy atom. The molecule has 0 bridgehead atoms. The van der Waals surface area contributed by atoms with E-state index in [0.29, 0.717) is 10.7 Å². The number of nitrogens with one attached hydrogen (secondary N) is 2. The number of H-pyrrole nitrogens is 1. The van der Waals surface area contributed by atoms with Crippen molar-refractivity contribution in [3.05, 3.63) is 41.4 Å². The van der Waals surface area contributed by atoms with Gasteiger partial charge in [0.25, 0.3) is 10.0 Å². The first-order chi connectivity index (χ1) is 15.0. The number of fused-ring (bicyclic) bond motifs is 1. The van der Waals surface area contributed by atoms with Gasteiger partial charge in [-0.15, -0.1) is 24.5 Å². The molecule has 4 rings (SSSR count). The number of thiophene rings is 1. The standard InChI is InChI=1S/C18H14F3N3O5S3/c19-18(20,21)29-10-4-9-5-13(17-22-8-11(31-17)7-14(25)26)23-16(9)12(6-10)24-32(27,28)15-2-1-3-30-15/h1-6,11,23-24H,7-8H2,(H,25,26). The molecule has 3 N–H and O–H groups in total. The lowest BCUT2D eigenvalue weighted by Gasteiger charge is -2.12. The van der Waals surface area contributed by atoms with Crippen molar-refractivity contribution in [3.63, 3.8) is 0 Å². The highest BCUT2D eigenvalue weighted by Crippen LogP contribution is 2.36. The molecule has 1 aromatic carbocycles. The van der Waals surface area contributed by atoms with Gasteiger partial charge in [0.05, 0.1) is 29.9 Å². The number of rotatable bonds is 7. The number of ether oxygens (including phenoxy) is 1. The second kappa shape index (κ2) is 8.33. The van der Waals surface area contributed by atoms with Crippen LogP contribution in [0.3, 0.4) is 0 Å². The molecule has 3 heterocycles. The van der Waals surface area contributed by atoms with Crippen LogP contribution in [0.15, 0.2) is 44.9 Å². The average Bonchev–Trinajstić information content (AvgIpc) is 3.40. The number of aliphatic imine (C=N–C) groups is 1. The van der Waals surface area contributed by atoms with Crippen LogP contribution in [-0.4, -0.2) is 47.7 Å². The molecule has 0 aliphatic carbocycles. The Morgan fingerprint density at radius 1 is 1.34 bits per heavy atom. The maximum atomic E-state index is 12.8. The van der Waals surface area contributed by atoms with Crippen molar-refractivity contribution in [2.45, 2.75) is 22.2 Å². The average molecular weight is 506 g/mol. The fourth-order valence-corrected chi connectivity index (χ4v) is 6.22. The van der Waals surface area contributed by atoms with Crippen molar-refractivity contribution in [2.75, 3.05) is 11.3 Å². The number of carbonyl (C=O) groups is 1. The number of thioether (sulfide) groups is 1. The fraction of sp³-hybridized carbons (Fsp3) is 0.222. The van der Waals surface area contributed by atoms with E-state index in [2.05, 4.69) is 19.4 Å². The van der Waals surface area contributed by atoms with Crippen molar-refractivity contribution in [1.29, 1.82) is 0 Å². The van der Waals surface area contributed by atoms with E-state index in [1.807, 2.05) is 0 Å². The Morgan fingerprint density at radius 3 is 2.78 bits per heavy atom. The van der Waals surface area contributed by atoms with E-state index >= 15 is 0 Å². The Labute approximate surface area is 187 Å². The van der Waals surface area contributed by atoms with Crippen LogP contribution in [0.25, 0.3) is 10.9 Å². The van der Waals surface area contributed by atoms with Crippen LogP contribution >= 0.6 is 23.1 Å². The minimum atomic E-state index is -4.97. The molecular weight excluding hydrogens is 491 g/mol. The molecule has 1 aliphatic rings. The first-order valence-corrected chi connectivity index (χ1v) is 12.2. The van der Waals surface area contributed by atoms with Gasteiger partial charge in [-0.1, -0.05) is 17.8 Å². The predicted octanol–water partition coefficient (Wildman–Crippen LogP) is 4.27. The summed E-state index contributed by atoms with van der Waals surface area (Å²) in [7, 11) is -4.04. The minimum absolute atomic E-state index is 0.00758. The number of aromatic nitrogens is 1. The number of anilines is 1. The molecule has 0 amide bonds. The second-order valence-electron chi connectivity index (χ2n) is 6.69. The van der Waals surface area contributed by atoms with Gasteiger partial charge in [0.2, 0.25) is 0 Å². The molecule has 170 valence electrons. The number of hydrogen-bond acceptors (Lipinski definition) is 7. The largest absolute Gasteiger partial charge is 0.573 e. The van der Waals surface area contributed by atoms with Crippen LogP contribution in [0.4, 0.5) is 18.9 Å². The van der Waals surface area contributed by atoms with Gasteiger partial charge in [0.1, 0.15) is 15.0 Å². The highest BCUT2D eigenvalue weighted by Gasteiger charge is 2.32. The lowest BCUT2D eigenvalue weighted by atomic mass is 10.2. The van der Waals surface area contributed by atoms with Crippen molar-refractivity contribution < 1.29 is 36.2 Å². The number of carboxylic acid groups (broad SMARTS) is 1. The maximum absolute atomic E-state index is 12.8. The Kier molecular flexibility index (Phi) is 5.85. The third-order valence-corrected chi connectivity index (χ3v) is 8.27. The van der Waals surface area contributed by atoms with Gasteiger partial charge in [0, 0.05) is 16.7 Å². The van der Waals surface area contributed by atoms with E-state index in [4.69, 9.17) is 5.11 Å². The summed E-state index contributed by atoms with van der Waals surface area (Å²) in [6.07, 6.45) is -5.06. The van der Waals surface area contributed by atoms with Gasteiger partial charge >= 0.3 is 12.3 Å². The van der Waals surface area contributed by atoms with Crippen molar-refractivity contribution in [1.82, 2.24) is 4.98 Å². The summed E-state index contributed by atoms with van der Waals surface area (Å²) in [5.74, 6) is -1.56. The number of benzene rings is 1. The number of halogens is 3. The molecule has 3 aromatic rings. The van der Waals surface area contributed by atoms with Crippen LogP contribution in [0.1, 0.15) is 12.1 Å². The summed E-state index contributed by atoms with van der Waals surface area (Å²) in [6.45, 7) is 0.280. The number of aliphatic carboxylic acids is 1. The Bertz CT molecular complexity index is 1300. The van der Waals surface area contributed by atoms with Gasteiger partial charge in [-0.25, -0.2) is 8.42 Å². The molecule has 0 saturated heterocycles. The third-order valence-electron chi connectivity index (χ3n) is 4.29. The van der Waals surface area contributed by atoms with E-state index in [1.165, 1.54) is 30.0 Å². The molecule has 2 aromatic heterocycles. The van der Waals surface area contributed by atoms with E-state index in [9.17, 15) is 26.4 Å². The molecule has 0 saturated carbocycles. The molecule has 1 aliphatic heterocycles. The minimum Gasteiger partial charge on any atom is -0.481 e. The van der Waals surface area contributed by atoms with Crippen LogP contribution in [0, 0.1) is 0 Å². The number of aromatic amines is 1. The molecule has 0 fully saturated rings. The van der Waals surface area contributed by atoms with Crippen LogP contribution < -0.4 is 9.46 Å². The molecule has 0 radical (unpaired) electrons. The molecule has 14 heteroatoms. The molecule has 0 spiro atoms. The number of hydrogen-bond donors (Lipinski definition) is 3. The summed E-state index contributed by atoms with van der Waals surface area (Å²) in [5, 5.41) is 11.0. The van der Waals surface area contributed by atoms with E-state index in [1.54, 1.807) is 5.38 Å². The van der Waals surface area contributed by atoms with Gasteiger partial charge in [-0.3, -0.25) is 14.5 Å². The maximum Gasteiger partial charge on any atom is 0.573 e. The van der Waals surface area contributed by atoms with E-state index in [0.717, 1.165) is 23.5 Å². The van der Waals surface area contributed by atoms with E-state index < -0.39 is 28.1 Å². The number of alkyl halides is 3. The van der Waals surface area contributed by atoms with Crippen LogP contribution in [0.2, 0.25) is 0 Å². The topological polar surface area (TPSA) is 121 Å². The number of nitrogens with zero attached hydrogens (tertiary/aromatic N) is 1. The van der Waals surface area contributed by atoms with Gasteiger partial charge in [-0.2, -0.15) is 0 Å². The smallest absolute Gasteiger partial charge is 0.481 e. The lowest BCUT2D eigenvalue weighted by Crippen LogP contribution is -2.17. The summed E-state index contributed by atoms with van der Waals surface area (Å²) in [4.78, 5) is 18.2. The summed E-state index contributed by atoms with van der Waals surface area (Å²) < 4.78 is 70.0. The zero-order valence-electron chi connectivity index (χ0n) is 15.8. The monoisotopic (exact) mass is 505 g/mol. The molecule has 1 atom stereocenters.